The summed E-state index contributed by atoms with van der Waals surface area (Å²) in [5.74, 6) is -4.34. The van der Waals surface area contributed by atoms with Crippen LogP contribution in [0.3, 0.4) is 0 Å². The SMILES string of the molecule is CC(C)OC(=O)C(CC(C(=O)OC(C)C)C(=O)OC(C)C)NC(=O)c1ccccc1. The first kappa shape index (κ1) is 25.1. The van der Waals surface area contributed by atoms with Crippen LogP contribution in [0.15, 0.2) is 30.3 Å². The normalized spacial score (nSPS) is 12.1. The monoisotopic (exact) mass is 421 g/mol. The van der Waals surface area contributed by atoms with Crippen molar-refractivity contribution in [3.05, 3.63) is 35.9 Å². The fraction of sp³-hybridized carbons (Fsp3) is 0.545. The number of carbonyl (C=O) groups is 4. The molecule has 1 rings (SSSR count). The van der Waals surface area contributed by atoms with Crippen molar-refractivity contribution in [3.8, 4) is 0 Å². The van der Waals surface area contributed by atoms with E-state index in [-0.39, 0.29) is 6.42 Å². The maximum absolute atomic E-state index is 12.6. The molecule has 0 aromatic heterocycles. The summed E-state index contributed by atoms with van der Waals surface area (Å²) in [6.45, 7) is 9.89. The van der Waals surface area contributed by atoms with Gasteiger partial charge in [0.15, 0.2) is 5.92 Å². The van der Waals surface area contributed by atoms with E-state index < -0.39 is 54.1 Å². The van der Waals surface area contributed by atoms with Gasteiger partial charge in [-0.05, 0) is 53.7 Å². The van der Waals surface area contributed by atoms with Gasteiger partial charge in [-0.15, -0.1) is 0 Å². The lowest BCUT2D eigenvalue weighted by molar-refractivity contribution is -0.167. The summed E-state index contributed by atoms with van der Waals surface area (Å²) >= 11 is 0. The summed E-state index contributed by atoms with van der Waals surface area (Å²) in [6.07, 6.45) is -1.72. The van der Waals surface area contributed by atoms with Crippen LogP contribution in [0.4, 0.5) is 0 Å². The zero-order valence-corrected chi connectivity index (χ0v) is 18.3. The first-order valence-electron chi connectivity index (χ1n) is 9.98. The average Bonchev–Trinajstić information content (AvgIpc) is 2.63. The Labute approximate surface area is 177 Å². The Morgan fingerprint density at radius 2 is 1.17 bits per heavy atom. The van der Waals surface area contributed by atoms with Crippen LogP contribution in [-0.4, -0.2) is 48.2 Å². The van der Waals surface area contributed by atoms with E-state index in [1.165, 1.54) is 0 Å². The number of ether oxygens (including phenoxy) is 3. The molecule has 166 valence electrons. The van der Waals surface area contributed by atoms with E-state index in [1.54, 1.807) is 71.9 Å². The van der Waals surface area contributed by atoms with E-state index in [1.807, 2.05) is 0 Å². The van der Waals surface area contributed by atoms with Crippen LogP contribution in [0, 0.1) is 5.92 Å². The maximum Gasteiger partial charge on any atom is 0.328 e. The summed E-state index contributed by atoms with van der Waals surface area (Å²) in [5.41, 5.74) is 0.325. The van der Waals surface area contributed by atoms with Crippen LogP contribution in [-0.2, 0) is 28.6 Å². The third kappa shape index (κ3) is 8.63. The molecule has 0 radical (unpaired) electrons. The second-order valence-corrected chi connectivity index (χ2v) is 7.64. The molecule has 1 aromatic carbocycles. The number of benzene rings is 1. The molecule has 1 aromatic rings. The zero-order valence-electron chi connectivity index (χ0n) is 18.3. The van der Waals surface area contributed by atoms with Crippen molar-refractivity contribution in [3.63, 3.8) is 0 Å². The van der Waals surface area contributed by atoms with Crippen molar-refractivity contribution in [2.75, 3.05) is 0 Å². The van der Waals surface area contributed by atoms with Crippen molar-refractivity contribution in [2.45, 2.75) is 72.3 Å². The lowest BCUT2D eigenvalue weighted by Gasteiger charge is -2.24. The average molecular weight is 421 g/mol. The molecule has 0 spiro atoms. The van der Waals surface area contributed by atoms with Gasteiger partial charge in [-0.3, -0.25) is 14.4 Å². The molecule has 0 aliphatic heterocycles. The van der Waals surface area contributed by atoms with Gasteiger partial charge in [0.1, 0.15) is 6.04 Å². The summed E-state index contributed by atoms with van der Waals surface area (Å²) in [4.78, 5) is 50.2. The molecule has 1 amide bonds. The van der Waals surface area contributed by atoms with Gasteiger partial charge in [-0.2, -0.15) is 0 Å². The van der Waals surface area contributed by atoms with E-state index >= 15 is 0 Å². The smallest absolute Gasteiger partial charge is 0.328 e. The van der Waals surface area contributed by atoms with Gasteiger partial charge in [0.05, 0.1) is 18.3 Å². The van der Waals surface area contributed by atoms with E-state index in [0.29, 0.717) is 5.56 Å². The fourth-order valence-electron chi connectivity index (χ4n) is 2.51. The summed E-state index contributed by atoms with van der Waals surface area (Å²) in [6, 6.07) is 7.03. The number of hydrogen-bond donors (Lipinski definition) is 1. The van der Waals surface area contributed by atoms with Crippen LogP contribution in [0.5, 0.6) is 0 Å². The number of hydrogen-bond acceptors (Lipinski definition) is 7. The molecule has 0 fully saturated rings. The minimum atomic E-state index is -1.39. The van der Waals surface area contributed by atoms with Gasteiger partial charge < -0.3 is 19.5 Å². The highest BCUT2D eigenvalue weighted by atomic mass is 16.6. The highest BCUT2D eigenvalue weighted by Crippen LogP contribution is 2.16. The summed E-state index contributed by atoms with van der Waals surface area (Å²) in [5, 5.41) is 2.56. The van der Waals surface area contributed by atoms with E-state index in [4.69, 9.17) is 14.2 Å². The van der Waals surface area contributed by atoms with Gasteiger partial charge in [0, 0.05) is 12.0 Å². The second-order valence-electron chi connectivity index (χ2n) is 7.64. The molecule has 0 saturated carbocycles. The van der Waals surface area contributed by atoms with Crippen molar-refractivity contribution in [1.29, 1.82) is 0 Å². The molecule has 1 N–H and O–H groups in total. The zero-order chi connectivity index (χ0) is 22.8. The van der Waals surface area contributed by atoms with Crippen LogP contribution in [0.25, 0.3) is 0 Å². The molecule has 1 unspecified atom stereocenters. The van der Waals surface area contributed by atoms with E-state index in [9.17, 15) is 19.2 Å². The van der Waals surface area contributed by atoms with Crippen LogP contribution >= 0.6 is 0 Å². The molecule has 0 heterocycles. The van der Waals surface area contributed by atoms with E-state index in [0.717, 1.165) is 0 Å². The number of nitrogens with one attached hydrogen (secondary N) is 1. The summed E-state index contributed by atoms with van der Waals surface area (Å²) < 4.78 is 15.5. The standard InChI is InChI=1S/C22H31NO7/c1-13(2)28-20(25)17(21(26)29-14(3)4)12-18(22(27)30-15(5)6)23-19(24)16-10-8-7-9-11-16/h7-11,13-15,17-18H,12H2,1-6H3,(H,23,24). The quantitative estimate of drug-likeness (QED) is 0.351. The van der Waals surface area contributed by atoms with E-state index in [2.05, 4.69) is 5.32 Å². The Morgan fingerprint density at radius 3 is 1.60 bits per heavy atom. The third-order valence-corrected chi connectivity index (χ3v) is 3.72. The van der Waals surface area contributed by atoms with Crippen LogP contribution in [0.1, 0.15) is 58.3 Å². The Balaban J connectivity index is 3.13. The van der Waals surface area contributed by atoms with Gasteiger partial charge in [0.25, 0.3) is 5.91 Å². The number of esters is 3. The topological polar surface area (TPSA) is 108 Å². The Hall–Kier alpha value is -2.90. The minimum Gasteiger partial charge on any atom is -0.462 e. The third-order valence-electron chi connectivity index (χ3n) is 3.72. The van der Waals surface area contributed by atoms with Crippen molar-refractivity contribution in [2.24, 2.45) is 5.92 Å². The Kier molecular flexibility index (Phi) is 10.0. The molecule has 8 heteroatoms. The van der Waals surface area contributed by atoms with Gasteiger partial charge in [0.2, 0.25) is 0 Å². The number of rotatable bonds is 10. The van der Waals surface area contributed by atoms with Gasteiger partial charge >= 0.3 is 17.9 Å². The Morgan fingerprint density at radius 1 is 0.733 bits per heavy atom. The molecule has 8 nitrogen and oxygen atoms in total. The molecular formula is C22H31NO7. The lowest BCUT2D eigenvalue weighted by atomic mass is 9.99. The van der Waals surface area contributed by atoms with Gasteiger partial charge in [-0.25, -0.2) is 4.79 Å². The maximum atomic E-state index is 12.6. The minimum absolute atomic E-state index is 0.325. The predicted octanol–water partition coefficient (Wildman–Crippen LogP) is 2.65. The molecular weight excluding hydrogens is 390 g/mol. The predicted molar refractivity (Wildman–Crippen MR) is 109 cm³/mol. The molecule has 30 heavy (non-hydrogen) atoms. The van der Waals surface area contributed by atoms with Crippen molar-refractivity contribution in [1.82, 2.24) is 5.32 Å². The molecule has 0 aliphatic carbocycles. The number of amides is 1. The molecule has 0 saturated heterocycles. The second kappa shape index (κ2) is 11.9. The molecule has 1 atom stereocenters. The van der Waals surface area contributed by atoms with Crippen molar-refractivity contribution >= 4 is 23.8 Å². The highest BCUT2D eigenvalue weighted by Gasteiger charge is 2.37. The lowest BCUT2D eigenvalue weighted by Crippen LogP contribution is -2.46. The van der Waals surface area contributed by atoms with Gasteiger partial charge in [-0.1, -0.05) is 18.2 Å². The first-order chi connectivity index (χ1) is 14.0. The molecule has 0 aliphatic rings. The highest BCUT2D eigenvalue weighted by molar-refractivity contribution is 5.98. The Bertz CT molecular complexity index is 706. The van der Waals surface area contributed by atoms with Crippen LogP contribution < -0.4 is 5.32 Å². The first-order valence-corrected chi connectivity index (χ1v) is 9.98. The largest absolute Gasteiger partial charge is 0.462 e. The summed E-state index contributed by atoms with van der Waals surface area (Å²) in [7, 11) is 0. The number of carbonyl (C=O) groups excluding carboxylic acids is 4. The molecule has 0 bridgehead atoms. The van der Waals surface area contributed by atoms with Crippen molar-refractivity contribution < 1.29 is 33.4 Å². The fourth-order valence-corrected chi connectivity index (χ4v) is 2.51. The van der Waals surface area contributed by atoms with Crippen LogP contribution in [0.2, 0.25) is 0 Å².